The summed E-state index contributed by atoms with van der Waals surface area (Å²) in [5, 5.41) is 20.0. The highest BCUT2D eigenvalue weighted by atomic mass is 16.6. The molecule has 7 heteroatoms. The van der Waals surface area contributed by atoms with Crippen molar-refractivity contribution in [2.75, 3.05) is 31.7 Å². The Balaban J connectivity index is 3.21. The Morgan fingerprint density at radius 1 is 1.53 bits per heavy atom. The number of rotatable bonds is 7. The number of ether oxygens (including phenoxy) is 1. The second-order valence-electron chi connectivity index (χ2n) is 3.84. The molecule has 0 bridgehead atoms. The number of nitro benzene ring substituents is 1. The van der Waals surface area contributed by atoms with E-state index in [0.29, 0.717) is 25.4 Å². The van der Waals surface area contributed by atoms with E-state index >= 15 is 0 Å². The first kappa shape index (κ1) is 14.9. The van der Waals surface area contributed by atoms with Crippen LogP contribution in [0.15, 0.2) is 18.2 Å². The number of hydrogen-bond acceptors (Lipinski definition) is 5. The number of carboxylic acid groups (broad SMARTS) is 1. The van der Waals surface area contributed by atoms with Crippen LogP contribution in [0.5, 0.6) is 0 Å². The molecule has 0 aliphatic rings. The number of aromatic carboxylic acids is 1. The van der Waals surface area contributed by atoms with Gasteiger partial charge < -0.3 is 14.7 Å². The van der Waals surface area contributed by atoms with Gasteiger partial charge in [0.25, 0.3) is 5.69 Å². The molecule has 0 amide bonds. The summed E-state index contributed by atoms with van der Waals surface area (Å²) in [5.41, 5.74) is 0.212. The van der Waals surface area contributed by atoms with Gasteiger partial charge >= 0.3 is 5.97 Å². The first-order valence-electron chi connectivity index (χ1n) is 5.76. The number of methoxy groups -OCH3 is 1. The minimum Gasteiger partial charge on any atom is -0.478 e. The first-order valence-corrected chi connectivity index (χ1v) is 5.76. The Bertz CT molecular complexity index is 475. The van der Waals surface area contributed by atoms with Crippen molar-refractivity contribution in [2.24, 2.45) is 0 Å². The van der Waals surface area contributed by atoms with Crippen molar-refractivity contribution in [3.05, 3.63) is 33.9 Å². The lowest BCUT2D eigenvalue weighted by Crippen LogP contribution is -2.27. The van der Waals surface area contributed by atoms with Gasteiger partial charge in [0.05, 0.1) is 17.1 Å². The maximum absolute atomic E-state index is 11.0. The van der Waals surface area contributed by atoms with Crippen LogP contribution in [0, 0.1) is 10.1 Å². The molecule has 0 aliphatic carbocycles. The highest BCUT2D eigenvalue weighted by molar-refractivity contribution is 5.90. The Morgan fingerprint density at radius 2 is 2.21 bits per heavy atom. The summed E-state index contributed by atoms with van der Waals surface area (Å²) < 4.78 is 4.95. The standard InChI is InChI=1S/C12H16N2O5/c1-3-13(6-7-19-2)11-8-9(12(15)16)4-5-10(11)14(17)18/h4-5,8H,3,6-7H2,1-2H3,(H,15,16). The Kier molecular flexibility index (Phi) is 5.25. The van der Waals surface area contributed by atoms with Gasteiger partial charge in [-0.1, -0.05) is 0 Å². The molecule has 0 saturated heterocycles. The van der Waals surface area contributed by atoms with E-state index in [1.807, 2.05) is 6.92 Å². The Morgan fingerprint density at radius 3 is 2.68 bits per heavy atom. The number of nitro groups is 1. The normalized spacial score (nSPS) is 10.2. The first-order chi connectivity index (χ1) is 9.01. The highest BCUT2D eigenvalue weighted by Crippen LogP contribution is 2.29. The molecule has 0 atom stereocenters. The summed E-state index contributed by atoms with van der Waals surface area (Å²) in [5.74, 6) is -1.11. The topological polar surface area (TPSA) is 92.9 Å². The average Bonchev–Trinajstić information content (AvgIpc) is 2.39. The zero-order valence-electron chi connectivity index (χ0n) is 10.8. The van der Waals surface area contributed by atoms with Gasteiger partial charge in [0.2, 0.25) is 0 Å². The van der Waals surface area contributed by atoms with Crippen molar-refractivity contribution in [1.29, 1.82) is 0 Å². The van der Waals surface area contributed by atoms with Crippen LogP contribution in [0.2, 0.25) is 0 Å². The van der Waals surface area contributed by atoms with Crippen LogP contribution < -0.4 is 4.90 Å². The Hall–Kier alpha value is -2.15. The van der Waals surface area contributed by atoms with Gasteiger partial charge in [0.1, 0.15) is 5.69 Å². The molecule has 0 radical (unpaired) electrons. The van der Waals surface area contributed by atoms with Gasteiger partial charge in [-0.3, -0.25) is 10.1 Å². The second-order valence-corrected chi connectivity index (χ2v) is 3.84. The predicted molar refractivity (Wildman–Crippen MR) is 69.8 cm³/mol. The number of carbonyl (C=O) groups is 1. The van der Waals surface area contributed by atoms with Crippen molar-refractivity contribution in [3.63, 3.8) is 0 Å². The van der Waals surface area contributed by atoms with Crippen molar-refractivity contribution < 1.29 is 19.6 Å². The number of anilines is 1. The molecule has 0 spiro atoms. The van der Waals surface area contributed by atoms with Crippen LogP contribution in [-0.4, -0.2) is 42.8 Å². The van der Waals surface area contributed by atoms with Crippen LogP contribution in [0.4, 0.5) is 11.4 Å². The van der Waals surface area contributed by atoms with E-state index in [1.165, 1.54) is 25.3 Å². The Labute approximate surface area is 110 Å². The van der Waals surface area contributed by atoms with Crippen LogP contribution in [-0.2, 0) is 4.74 Å². The van der Waals surface area contributed by atoms with Crippen LogP contribution in [0.25, 0.3) is 0 Å². The van der Waals surface area contributed by atoms with Crippen LogP contribution >= 0.6 is 0 Å². The fraction of sp³-hybridized carbons (Fsp3) is 0.417. The molecule has 0 saturated carbocycles. The third-order valence-corrected chi connectivity index (χ3v) is 2.71. The highest BCUT2D eigenvalue weighted by Gasteiger charge is 2.20. The van der Waals surface area contributed by atoms with E-state index in [2.05, 4.69) is 0 Å². The molecule has 19 heavy (non-hydrogen) atoms. The van der Waals surface area contributed by atoms with Gasteiger partial charge in [-0.05, 0) is 19.1 Å². The van der Waals surface area contributed by atoms with Gasteiger partial charge in [-0.25, -0.2) is 4.79 Å². The van der Waals surface area contributed by atoms with E-state index in [4.69, 9.17) is 9.84 Å². The minimum atomic E-state index is -1.11. The van der Waals surface area contributed by atoms with Gasteiger partial charge in [0, 0.05) is 26.3 Å². The molecule has 1 rings (SSSR count). The van der Waals surface area contributed by atoms with Crippen LogP contribution in [0.1, 0.15) is 17.3 Å². The monoisotopic (exact) mass is 268 g/mol. The maximum atomic E-state index is 11.0. The SMILES string of the molecule is CCN(CCOC)c1cc(C(=O)O)ccc1[N+](=O)[O-]. The smallest absolute Gasteiger partial charge is 0.335 e. The van der Waals surface area contributed by atoms with Gasteiger partial charge in [-0.15, -0.1) is 0 Å². The molecule has 104 valence electrons. The number of likely N-dealkylation sites (N-methyl/N-ethyl adjacent to an activating group) is 1. The number of hydrogen-bond donors (Lipinski definition) is 1. The summed E-state index contributed by atoms with van der Waals surface area (Å²) in [6.07, 6.45) is 0. The summed E-state index contributed by atoms with van der Waals surface area (Å²) in [6, 6.07) is 3.77. The fourth-order valence-corrected chi connectivity index (χ4v) is 1.71. The van der Waals surface area contributed by atoms with E-state index in [-0.39, 0.29) is 11.3 Å². The van der Waals surface area contributed by atoms with E-state index in [1.54, 1.807) is 4.90 Å². The summed E-state index contributed by atoms with van der Waals surface area (Å²) in [6.45, 7) is 3.22. The quantitative estimate of drug-likeness (QED) is 0.598. The van der Waals surface area contributed by atoms with E-state index in [9.17, 15) is 14.9 Å². The van der Waals surface area contributed by atoms with E-state index in [0.717, 1.165) is 0 Å². The zero-order valence-corrected chi connectivity index (χ0v) is 10.8. The lowest BCUT2D eigenvalue weighted by atomic mass is 10.1. The molecule has 0 heterocycles. The number of nitrogens with zero attached hydrogens (tertiary/aromatic N) is 2. The lowest BCUT2D eigenvalue weighted by molar-refractivity contribution is -0.384. The summed E-state index contributed by atoms with van der Waals surface area (Å²) >= 11 is 0. The zero-order chi connectivity index (χ0) is 14.4. The van der Waals surface area contributed by atoms with Crippen molar-refractivity contribution in [2.45, 2.75) is 6.92 Å². The number of benzene rings is 1. The van der Waals surface area contributed by atoms with Crippen molar-refractivity contribution in [3.8, 4) is 0 Å². The molecule has 0 unspecified atom stereocenters. The van der Waals surface area contributed by atoms with Crippen molar-refractivity contribution >= 4 is 17.3 Å². The number of carboxylic acids is 1. The summed E-state index contributed by atoms with van der Waals surface area (Å²) in [4.78, 5) is 23.1. The average molecular weight is 268 g/mol. The third-order valence-electron chi connectivity index (χ3n) is 2.71. The van der Waals surface area contributed by atoms with Crippen LogP contribution in [0.3, 0.4) is 0 Å². The molecular weight excluding hydrogens is 252 g/mol. The predicted octanol–water partition coefficient (Wildman–Crippen LogP) is 1.77. The second kappa shape index (κ2) is 6.69. The maximum Gasteiger partial charge on any atom is 0.335 e. The van der Waals surface area contributed by atoms with Gasteiger partial charge in [0.15, 0.2) is 0 Å². The van der Waals surface area contributed by atoms with Crippen molar-refractivity contribution in [1.82, 2.24) is 0 Å². The fourth-order valence-electron chi connectivity index (χ4n) is 1.71. The summed E-state index contributed by atoms with van der Waals surface area (Å²) in [7, 11) is 1.54. The molecule has 1 aromatic carbocycles. The molecule has 0 aliphatic heterocycles. The molecule has 0 fully saturated rings. The molecule has 7 nitrogen and oxygen atoms in total. The third kappa shape index (κ3) is 3.65. The lowest BCUT2D eigenvalue weighted by Gasteiger charge is -2.22. The van der Waals surface area contributed by atoms with Gasteiger partial charge in [-0.2, -0.15) is 0 Å². The van der Waals surface area contributed by atoms with E-state index < -0.39 is 10.9 Å². The molecule has 1 aromatic rings. The molecular formula is C12H16N2O5. The molecule has 0 aromatic heterocycles. The minimum absolute atomic E-state index is 0.0245. The largest absolute Gasteiger partial charge is 0.478 e. The molecule has 1 N–H and O–H groups in total.